The number of rotatable bonds is 3. The van der Waals surface area contributed by atoms with E-state index >= 15 is 0 Å². The van der Waals surface area contributed by atoms with Crippen molar-refractivity contribution in [3.63, 3.8) is 0 Å². The number of hydrogen-bond donors (Lipinski definition) is 1. The molecule has 0 saturated carbocycles. The average Bonchev–Trinajstić information content (AvgIpc) is 3.30. The van der Waals surface area contributed by atoms with Gasteiger partial charge >= 0.3 is 0 Å². The predicted octanol–water partition coefficient (Wildman–Crippen LogP) is 3.52. The number of nitrogens with zero attached hydrogens (tertiary/aromatic N) is 3. The summed E-state index contributed by atoms with van der Waals surface area (Å²) < 4.78 is 1.93. The van der Waals surface area contributed by atoms with Gasteiger partial charge in [0.1, 0.15) is 0 Å². The van der Waals surface area contributed by atoms with E-state index in [0.717, 1.165) is 56.0 Å². The zero-order chi connectivity index (χ0) is 19.0. The zero-order valence-electron chi connectivity index (χ0n) is 16.7. The van der Waals surface area contributed by atoms with Crippen LogP contribution in [0.1, 0.15) is 60.6 Å². The van der Waals surface area contributed by atoms with E-state index in [1.807, 2.05) is 9.58 Å². The predicted molar refractivity (Wildman–Crippen MR) is 107 cm³/mol. The van der Waals surface area contributed by atoms with E-state index in [4.69, 9.17) is 0 Å². The third kappa shape index (κ3) is 3.41. The van der Waals surface area contributed by atoms with Gasteiger partial charge in [-0.3, -0.25) is 4.79 Å². The van der Waals surface area contributed by atoms with E-state index in [1.165, 1.54) is 12.0 Å². The molecule has 1 N–H and O–H groups in total. The molecule has 4 rings (SSSR count). The van der Waals surface area contributed by atoms with E-state index in [0.29, 0.717) is 5.41 Å². The van der Waals surface area contributed by atoms with Gasteiger partial charge in [0.05, 0.1) is 23.1 Å². The second-order valence-corrected chi connectivity index (χ2v) is 8.56. The molecule has 2 aromatic rings. The van der Waals surface area contributed by atoms with Gasteiger partial charge in [-0.05, 0) is 56.2 Å². The van der Waals surface area contributed by atoms with E-state index in [1.54, 1.807) is 6.20 Å². The molecule has 0 unspecified atom stereocenters. The Balaban J connectivity index is 1.58. The maximum absolute atomic E-state index is 13.3. The van der Waals surface area contributed by atoms with Gasteiger partial charge in [-0.2, -0.15) is 5.10 Å². The Hall–Kier alpha value is -2.14. The molecule has 1 aromatic heterocycles. The van der Waals surface area contributed by atoms with Crippen molar-refractivity contribution in [1.82, 2.24) is 20.0 Å². The van der Waals surface area contributed by atoms with Crippen LogP contribution < -0.4 is 5.32 Å². The Bertz CT molecular complexity index is 805. The highest BCUT2D eigenvalue weighted by atomic mass is 16.2. The molecule has 5 heteroatoms. The fraction of sp³-hybridized carbons (Fsp3) is 0.545. The average molecular weight is 367 g/mol. The number of aromatic nitrogens is 2. The molecule has 2 aliphatic rings. The van der Waals surface area contributed by atoms with Crippen LogP contribution in [0.25, 0.3) is 5.69 Å². The van der Waals surface area contributed by atoms with Crippen LogP contribution in [0.4, 0.5) is 0 Å². The highest BCUT2D eigenvalue weighted by Gasteiger charge is 2.38. The SMILES string of the molecule is Cc1ccc(-n2ncc(C(=O)N3CCC4(CCNC4)CC3)c2C(C)C)cc1. The van der Waals surface area contributed by atoms with Crippen molar-refractivity contribution >= 4 is 5.91 Å². The van der Waals surface area contributed by atoms with Crippen molar-refractivity contribution < 1.29 is 4.79 Å². The Labute approximate surface area is 161 Å². The van der Waals surface area contributed by atoms with Crippen LogP contribution in [0.2, 0.25) is 0 Å². The van der Waals surface area contributed by atoms with E-state index in [2.05, 4.69) is 55.5 Å². The lowest BCUT2D eigenvalue weighted by Crippen LogP contribution is -2.44. The van der Waals surface area contributed by atoms with Crippen LogP contribution in [0.3, 0.4) is 0 Å². The summed E-state index contributed by atoms with van der Waals surface area (Å²) in [5.41, 5.74) is 4.41. The summed E-state index contributed by atoms with van der Waals surface area (Å²) in [6, 6.07) is 8.31. The number of aryl methyl sites for hydroxylation is 1. The lowest BCUT2D eigenvalue weighted by molar-refractivity contribution is 0.0606. The summed E-state index contributed by atoms with van der Waals surface area (Å²) in [7, 11) is 0. The van der Waals surface area contributed by atoms with Crippen LogP contribution in [0.5, 0.6) is 0 Å². The van der Waals surface area contributed by atoms with Gasteiger partial charge in [-0.1, -0.05) is 31.5 Å². The fourth-order valence-electron chi connectivity index (χ4n) is 4.55. The molecule has 0 aliphatic carbocycles. The first-order chi connectivity index (χ1) is 13.0. The van der Waals surface area contributed by atoms with Gasteiger partial charge in [0.25, 0.3) is 5.91 Å². The number of likely N-dealkylation sites (tertiary alicyclic amines) is 1. The first-order valence-corrected chi connectivity index (χ1v) is 10.1. The normalized spacial score (nSPS) is 19.2. The molecule has 2 saturated heterocycles. The number of carbonyl (C=O) groups excluding carboxylic acids is 1. The molecule has 27 heavy (non-hydrogen) atoms. The molecule has 0 bridgehead atoms. The topological polar surface area (TPSA) is 50.2 Å². The molecule has 3 heterocycles. The van der Waals surface area contributed by atoms with Gasteiger partial charge < -0.3 is 10.2 Å². The number of carbonyl (C=O) groups is 1. The molecule has 1 aromatic carbocycles. The van der Waals surface area contributed by atoms with Crippen molar-refractivity contribution in [2.45, 2.75) is 46.0 Å². The summed E-state index contributed by atoms with van der Waals surface area (Å²) in [4.78, 5) is 15.3. The van der Waals surface area contributed by atoms with Gasteiger partial charge in [0, 0.05) is 19.6 Å². The standard InChI is InChI=1S/C22H30N4O/c1-16(2)20-19(14-24-26(20)18-6-4-17(3)5-7-18)21(27)25-12-9-22(10-13-25)8-11-23-15-22/h4-7,14,16,23H,8-13,15H2,1-3H3. The maximum atomic E-state index is 13.3. The smallest absolute Gasteiger partial charge is 0.257 e. The summed E-state index contributed by atoms with van der Waals surface area (Å²) in [6.07, 6.45) is 5.22. The van der Waals surface area contributed by atoms with Crippen molar-refractivity contribution in [3.8, 4) is 5.69 Å². The monoisotopic (exact) mass is 366 g/mol. The van der Waals surface area contributed by atoms with Crippen molar-refractivity contribution in [1.29, 1.82) is 0 Å². The first kappa shape index (κ1) is 18.2. The molecule has 2 aliphatic heterocycles. The molecule has 144 valence electrons. The maximum Gasteiger partial charge on any atom is 0.257 e. The lowest BCUT2D eigenvalue weighted by Gasteiger charge is -2.39. The second-order valence-electron chi connectivity index (χ2n) is 8.56. The van der Waals surface area contributed by atoms with Crippen LogP contribution in [0.15, 0.2) is 30.5 Å². The third-order valence-electron chi connectivity index (χ3n) is 6.31. The molecule has 5 nitrogen and oxygen atoms in total. The Morgan fingerprint density at radius 2 is 1.85 bits per heavy atom. The Morgan fingerprint density at radius 3 is 2.44 bits per heavy atom. The Kier molecular flexibility index (Phi) is 4.81. The number of piperidine rings is 1. The molecule has 0 atom stereocenters. The Morgan fingerprint density at radius 1 is 1.15 bits per heavy atom. The van der Waals surface area contributed by atoms with Crippen molar-refractivity contribution in [2.75, 3.05) is 26.2 Å². The number of nitrogens with one attached hydrogen (secondary N) is 1. The quantitative estimate of drug-likeness (QED) is 0.904. The van der Waals surface area contributed by atoms with Crippen molar-refractivity contribution in [3.05, 3.63) is 47.3 Å². The van der Waals surface area contributed by atoms with E-state index < -0.39 is 0 Å². The molecule has 0 radical (unpaired) electrons. The summed E-state index contributed by atoms with van der Waals surface area (Å²) in [5.74, 6) is 0.362. The molecule has 1 amide bonds. The number of hydrogen-bond acceptors (Lipinski definition) is 3. The summed E-state index contributed by atoms with van der Waals surface area (Å²) in [5, 5.41) is 8.07. The van der Waals surface area contributed by atoms with Crippen LogP contribution in [0, 0.1) is 12.3 Å². The third-order valence-corrected chi connectivity index (χ3v) is 6.31. The number of benzene rings is 1. The molecular formula is C22H30N4O. The van der Waals surface area contributed by atoms with Gasteiger partial charge in [0.2, 0.25) is 0 Å². The van der Waals surface area contributed by atoms with Gasteiger partial charge in [-0.15, -0.1) is 0 Å². The molecular weight excluding hydrogens is 336 g/mol. The fourth-order valence-corrected chi connectivity index (χ4v) is 4.55. The van der Waals surface area contributed by atoms with Crippen LogP contribution in [-0.4, -0.2) is 46.8 Å². The minimum atomic E-state index is 0.137. The van der Waals surface area contributed by atoms with E-state index in [9.17, 15) is 4.79 Å². The largest absolute Gasteiger partial charge is 0.338 e. The van der Waals surface area contributed by atoms with Crippen LogP contribution in [-0.2, 0) is 0 Å². The minimum Gasteiger partial charge on any atom is -0.338 e. The van der Waals surface area contributed by atoms with Gasteiger partial charge in [-0.25, -0.2) is 4.68 Å². The summed E-state index contributed by atoms with van der Waals surface area (Å²) >= 11 is 0. The van der Waals surface area contributed by atoms with Gasteiger partial charge in [0.15, 0.2) is 0 Å². The highest BCUT2D eigenvalue weighted by Crippen LogP contribution is 2.37. The lowest BCUT2D eigenvalue weighted by atomic mass is 9.77. The zero-order valence-corrected chi connectivity index (χ0v) is 16.7. The molecule has 1 spiro atoms. The molecule has 2 fully saturated rings. The van der Waals surface area contributed by atoms with Crippen LogP contribution >= 0.6 is 0 Å². The highest BCUT2D eigenvalue weighted by molar-refractivity contribution is 5.95. The van der Waals surface area contributed by atoms with Crippen molar-refractivity contribution in [2.24, 2.45) is 5.41 Å². The second kappa shape index (κ2) is 7.12. The first-order valence-electron chi connectivity index (χ1n) is 10.1. The number of amides is 1. The minimum absolute atomic E-state index is 0.137. The van der Waals surface area contributed by atoms with E-state index in [-0.39, 0.29) is 11.8 Å². The summed E-state index contributed by atoms with van der Waals surface area (Å²) in [6.45, 7) is 10.3.